The summed E-state index contributed by atoms with van der Waals surface area (Å²) in [6.45, 7) is 5.41. The summed E-state index contributed by atoms with van der Waals surface area (Å²) in [4.78, 5) is 12.0. The van der Waals surface area contributed by atoms with Crippen molar-refractivity contribution in [1.29, 1.82) is 0 Å². The zero-order valence-electron chi connectivity index (χ0n) is 10.5. The fourth-order valence-corrected chi connectivity index (χ4v) is 2.24. The lowest BCUT2D eigenvalue weighted by molar-refractivity contribution is -0.123. The Hall–Kier alpha value is -1.35. The Morgan fingerprint density at radius 2 is 2.00 bits per heavy atom. The van der Waals surface area contributed by atoms with Crippen LogP contribution in [-0.2, 0) is 9.53 Å². The first kappa shape index (κ1) is 12.1. The summed E-state index contributed by atoms with van der Waals surface area (Å²) in [5.74, 6) is 0.0827. The van der Waals surface area contributed by atoms with Gasteiger partial charge in [-0.2, -0.15) is 0 Å². The second-order valence-electron chi connectivity index (χ2n) is 4.78. The smallest absolute Gasteiger partial charge is 0.229 e. The molecule has 1 fully saturated rings. The lowest BCUT2D eigenvalue weighted by Crippen LogP contribution is -2.30. The standard InChI is InChI=1S/C14H19NO2/c1-10-6-11(2)8-13(7-10)15-14(16)12-4-3-5-17-9-12/h6-8,12H,3-5,9H2,1-2H3,(H,15,16). The van der Waals surface area contributed by atoms with E-state index in [1.54, 1.807) is 0 Å². The zero-order valence-corrected chi connectivity index (χ0v) is 10.5. The molecule has 0 aromatic heterocycles. The van der Waals surface area contributed by atoms with Gasteiger partial charge in [-0.3, -0.25) is 4.79 Å². The van der Waals surface area contributed by atoms with Crippen LogP contribution in [0.25, 0.3) is 0 Å². The summed E-state index contributed by atoms with van der Waals surface area (Å²) in [5, 5.41) is 2.97. The van der Waals surface area contributed by atoms with Gasteiger partial charge < -0.3 is 10.1 Å². The average Bonchev–Trinajstić information content (AvgIpc) is 2.28. The van der Waals surface area contributed by atoms with E-state index in [0.29, 0.717) is 6.61 Å². The molecule has 1 aromatic rings. The molecule has 0 saturated carbocycles. The molecule has 3 heteroatoms. The molecule has 0 spiro atoms. The van der Waals surface area contributed by atoms with E-state index in [1.807, 2.05) is 26.0 Å². The lowest BCUT2D eigenvalue weighted by Gasteiger charge is -2.21. The predicted molar refractivity (Wildman–Crippen MR) is 68.1 cm³/mol. The van der Waals surface area contributed by atoms with E-state index in [4.69, 9.17) is 4.74 Å². The largest absolute Gasteiger partial charge is 0.381 e. The molecule has 1 unspecified atom stereocenters. The molecule has 1 aromatic carbocycles. The third-order valence-electron chi connectivity index (χ3n) is 3.02. The van der Waals surface area contributed by atoms with E-state index in [9.17, 15) is 4.79 Å². The quantitative estimate of drug-likeness (QED) is 0.852. The maximum absolute atomic E-state index is 12.0. The number of carbonyl (C=O) groups is 1. The molecule has 1 aliphatic rings. The molecular formula is C14H19NO2. The molecule has 1 amide bonds. The molecule has 1 atom stereocenters. The van der Waals surface area contributed by atoms with Gasteiger partial charge in [0.2, 0.25) is 5.91 Å². The second kappa shape index (κ2) is 5.32. The third kappa shape index (κ3) is 3.30. The number of aryl methyl sites for hydroxylation is 2. The van der Waals surface area contributed by atoms with Crippen LogP contribution in [-0.4, -0.2) is 19.1 Å². The molecule has 2 rings (SSSR count). The van der Waals surface area contributed by atoms with Crippen LogP contribution in [0, 0.1) is 19.8 Å². The summed E-state index contributed by atoms with van der Waals surface area (Å²) >= 11 is 0. The second-order valence-corrected chi connectivity index (χ2v) is 4.78. The van der Waals surface area contributed by atoms with E-state index in [1.165, 1.54) is 11.1 Å². The summed E-state index contributed by atoms with van der Waals surface area (Å²) in [6.07, 6.45) is 1.90. The van der Waals surface area contributed by atoms with Gasteiger partial charge in [-0.05, 0) is 49.9 Å². The first-order valence-electron chi connectivity index (χ1n) is 6.12. The number of carbonyl (C=O) groups excluding carboxylic acids is 1. The lowest BCUT2D eigenvalue weighted by atomic mass is 10.0. The molecule has 0 radical (unpaired) electrons. The molecule has 17 heavy (non-hydrogen) atoms. The highest BCUT2D eigenvalue weighted by Gasteiger charge is 2.21. The molecule has 0 bridgehead atoms. The van der Waals surface area contributed by atoms with Gasteiger partial charge in [-0.1, -0.05) is 6.07 Å². The number of benzene rings is 1. The van der Waals surface area contributed by atoms with Crippen molar-refractivity contribution >= 4 is 11.6 Å². The topological polar surface area (TPSA) is 38.3 Å². The predicted octanol–water partition coefficient (Wildman–Crippen LogP) is 2.67. The van der Waals surface area contributed by atoms with Gasteiger partial charge in [0, 0.05) is 12.3 Å². The minimum absolute atomic E-state index is 0.00423. The number of rotatable bonds is 2. The summed E-state index contributed by atoms with van der Waals surface area (Å²) in [7, 11) is 0. The molecule has 0 aliphatic carbocycles. The normalized spacial score (nSPS) is 20.0. The Labute approximate surface area is 102 Å². The fraction of sp³-hybridized carbons (Fsp3) is 0.500. The van der Waals surface area contributed by atoms with Crippen molar-refractivity contribution < 1.29 is 9.53 Å². The maximum atomic E-state index is 12.0. The molecule has 1 aliphatic heterocycles. The summed E-state index contributed by atoms with van der Waals surface area (Å²) in [6, 6.07) is 6.09. The Morgan fingerprint density at radius 3 is 2.59 bits per heavy atom. The van der Waals surface area contributed by atoms with Gasteiger partial charge in [0.25, 0.3) is 0 Å². The van der Waals surface area contributed by atoms with Crippen molar-refractivity contribution in [3.63, 3.8) is 0 Å². The fourth-order valence-electron chi connectivity index (χ4n) is 2.24. The summed E-state index contributed by atoms with van der Waals surface area (Å²) in [5.41, 5.74) is 3.22. The van der Waals surface area contributed by atoms with Crippen LogP contribution in [0.5, 0.6) is 0 Å². The van der Waals surface area contributed by atoms with Crippen LogP contribution < -0.4 is 5.32 Å². The highest BCUT2D eigenvalue weighted by atomic mass is 16.5. The number of nitrogens with one attached hydrogen (secondary N) is 1. The van der Waals surface area contributed by atoms with E-state index < -0.39 is 0 Å². The number of ether oxygens (including phenoxy) is 1. The molecule has 92 valence electrons. The van der Waals surface area contributed by atoms with Crippen molar-refractivity contribution in [3.8, 4) is 0 Å². The first-order valence-corrected chi connectivity index (χ1v) is 6.12. The zero-order chi connectivity index (χ0) is 12.3. The third-order valence-corrected chi connectivity index (χ3v) is 3.02. The van der Waals surface area contributed by atoms with Gasteiger partial charge in [0.05, 0.1) is 12.5 Å². The van der Waals surface area contributed by atoms with Crippen LogP contribution in [0.1, 0.15) is 24.0 Å². The Balaban J connectivity index is 2.01. The Morgan fingerprint density at radius 1 is 1.29 bits per heavy atom. The molecule has 1 N–H and O–H groups in total. The monoisotopic (exact) mass is 233 g/mol. The number of hydrogen-bond donors (Lipinski definition) is 1. The molecule has 3 nitrogen and oxygen atoms in total. The van der Waals surface area contributed by atoms with Crippen LogP contribution >= 0.6 is 0 Å². The molecule has 1 heterocycles. The highest BCUT2D eigenvalue weighted by molar-refractivity contribution is 5.92. The number of anilines is 1. The van der Waals surface area contributed by atoms with Crippen molar-refractivity contribution in [2.45, 2.75) is 26.7 Å². The van der Waals surface area contributed by atoms with Crippen LogP contribution in [0.15, 0.2) is 18.2 Å². The summed E-state index contributed by atoms with van der Waals surface area (Å²) < 4.78 is 5.33. The minimum atomic E-state index is 0.00423. The number of hydrogen-bond acceptors (Lipinski definition) is 2. The SMILES string of the molecule is Cc1cc(C)cc(NC(=O)C2CCCOC2)c1. The molecular weight excluding hydrogens is 214 g/mol. The molecule has 1 saturated heterocycles. The van der Waals surface area contributed by atoms with Gasteiger partial charge in [-0.25, -0.2) is 0 Å². The van der Waals surface area contributed by atoms with Crippen LogP contribution in [0.4, 0.5) is 5.69 Å². The van der Waals surface area contributed by atoms with Crippen LogP contribution in [0.2, 0.25) is 0 Å². The minimum Gasteiger partial charge on any atom is -0.381 e. The Kier molecular flexibility index (Phi) is 3.79. The average molecular weight is 233 g/mol. The van der Waals surface area contributed by atoms with Crippen molar-refractivity contribution in [1.82, 2.24) is 0 Å². The number of amides is 1. The van der Waals surface area contributed by atoms with E-state index in [-0.39, 0.29) is 11.8 Å². The van der Waals surface area contributed by atoms with Gasteiger partial charge in [0.1, 0.15) is 0 Å². The first-order chi connectivity index (χ1) is 8.15. The van der Waals surface area contributed by atoms with Gasteiger partial charge in [-0.15, -0.1) is 0 Å². The van der Waals surface area contributed by atoms with E-state index in [0.717, 1.165) is 25.1 Å². The Bertz CT molecular complexity index is 388. The van der Waals surface area contributed by atoms with Crippen LogP contribution in [0.3, 0.4) is 0 Å². The highest BCUT2D eigenvalue weighted by Crippen LogP contribution is 2.18. The van der Waals surface area contributed by atoms with Crippen molar-refractivity contribution in [2.24, 2.45) is 5.92 Å². The van der Waals surface area contributed by atoms with Gasteiger partial charge in [0.15, 0.2) is 0 Å². The van der Waals surface area contributed by atoms with E-state index >= 15 is 0 Å². The maximum Gasteiger partial charge on any atom is 0.229 e. The van der Waals surface area contributed by atoms with Crippen molar-refractivity contribution in [2.75, 3.05) is 18.5 Å². The van der Waals surface area contributed by atoms with E-state index in [2.05, 4.69) is 11.4 Å². The van der Waals surface area contributed by atoms with Crippen molar-refractivity contribution in [3.05, 3.63) is 29.3 Å². The van der Waals surface area contributed by atoms with Gasteiger partial charge >= 0.3 is 0 Å².